The van der Waals surface area contributed by atoms with Crippen LogP contribution < -0.4 is 14.8 Å². The molecule has 0 radical (unpaired) electrons. The number of carbonyl (C=O) groups is 1. The molecule has 7 nitrogen and oxygen atoms in total. The molecule has 2 aromatic rings. The molecule has 1 aromatic heterocycles. The van der Waals surface area contributed by atoms with E-state index in [1.165, 1.54) is 6.20 Å². The van der Waals surface area contributed by atoms with Crippen LogP contribution in [0.25, 0.3) is 0 Å². The van der Waals surface area contributed by atoms with Gasteiger partial charge in [0.15, 0.2) is 11.6 Å². The molecular weight excluding hydrogens is 373 g/mol. The fourth-order valence-electron chi connectivity index (χ4n) is 2.21. The van der Waals surface area contributed by atoms with Crippen LogP contribution in [0.3, 0.4) is 0 Å². The number of rotatable bonds is 9. The number of halogens is 1. The van der Waals surface area contributed by atoms with Gasteiger partial charge in [0.1, 0.15) is 11.9 Å². The fraction of sp³-hybridized carbons (Fsp3) is 0.333. The quantitative estimate of drug-likeness (QED) is 0.680. The van der Waals surface area contributed by atoms with E-state index in [1.807, 2.05) is 6.92 Å². The Morgan fingerprint density at radius 1 is 1.22 bits per heavy atom. The van der Waals surface area contributed by atoms with Crippen molar-refractivity contribution in [2.24, 2.45) is 0 Å². The molecule has 0 aliphatic rings. The van der Waals surface area contributed by atoms with Gasteiger partial charge >= 0.3 is 0 Å². The molecule has 0 aliphatic heterocycles. The number of benzene rings is 1. The average molecular weight is 395 g/mol. The molecule has 1 heterocycles. The lowest BCUT2D eigenvalue weighted by molar-refractivity contribution is -0.117. The zero-order chi connectivity index (χ0) is 19.9. The van der Waals surface area contributed by atoms with Gasteiger partial charge in [0.25, 0.3) is 0 Å². The van der Waals surface area contributed by atoms with E-state index in [-0.39, 0.29) is 17.1 Å². The highest BCUT2D eigenvalue weighted by molar-refractivity contribution is 7.89. The van der Waals surface area contributed by atoms with Crippen LogP contribution in [0.4, 0.5) is 10.2 Å². The van der Waals surface area contributed by atoms with Crippen molar-refractivity contribution in [3.8, 4) is 5.75 Å². The predicted octanol–water partition coefficient (Wildman–Crippen LogP) is 2.71. The molecular formula is C18H22FN3O4S. The molecule has 2 rings (SSSR count). The van der Waals surface area contributed by atoms with E-state index in [2.05, 4.69) is 15.0 Å². The van der Waals surface area contributed by atoms with Crippen molar-refractivity contribution in [3.63, 3.8) is 0 Å². The number of pyridine rings is 1. The third kappa shape index (κ3) is 5.73. The van der Waals surface area contributed by atoms with E-state index >= 15 is 0 Å². The van der Waals surface area contributed by atoms with Crippen molar-refractivity contribution < 1.29 is 22.3 Å². The highest BCUT2D eigenvalue weighted by Gasteiger charge is 2.25. The van der Waals surface area contributed by atoms with Gasteiger partial charge in [-0.2, -0.15) is 4.72 Å². The normalized spacial score (nSPS) is 12.4. The minimum absolute atomic E-state index is 0.125. The Morgan fingerprint density at radius 2 is 1.93 bits per heavy atom. The van der Waals surface area contributed by atoms with Crippen molar-refractivity contribution in [2.45, 2.75) is 37.6 Å². The third-order valence-electron chi connectivity index (χ3n) is 3.62. The van der Waals surface area contributed by atoms with Gasteiger partial charge < -0.3 is 10.1 Å². The van der Waals surface area contributed by atoms with Gasteiger partial charge in [-0.1, -0.05) is 13.8 Å². The molecule has 146 valence electrons. The van der Waals surface area contributed by atoms with Crippen molar-refractivity contribution >= 4 is 21.7 Å². The first-order valence-electron chi connectivity index (χ1n) is 8.54. The summed E-state index contributed by atoms with van der Waals surface area (Å²) in [7, 11) is -3.98. The van der Waals surface area contributed by atoms with Crippen LogP contribution >= 0.6 is 0 Å². The number of nitrogens with zero attached hydrogens (tertiary/aromatic N) is 1. The number of amides is 1. The summed E-state index contributed by atoms with van der Waals surface area (Å²) in [5.41, 5.74) is 0. The van der Waals surface area contributed by atoms with E-state index < -0.39 is 27.8 Å². The van der Waals surface area contributed by atoms with Gasteiger partial charge in [0, 0.05) is 6.20 Å². The van der Waals surface area contributed by atoms with E-state index in [9.17, 15) is 17.6 Å². The van der Waals surface area contributed by atoms with E-state index in [1.54, 1.807) is 19.1 Å². The second-order valence-corrected chi connectivity index (χ2v) is 7.44. The second kappa shape index (κ2) is 9.43. The Kier molecular flexibility index (Phi) is 7.26. The first kappa shape index (κ1) is 20.8. The first-order valence-corrected chi connectivity index (χ1v) is 10.0. The minimum Gasteiger partial charge on any atom is -0.490 e. The second-order valence-electron chi connectivity index (χ2n) is 5.72. The Morgan fingerprint density at radius 3 is 2.56 bits per heavy atom. The predicted molar refractivity (Wildman–Crippen MR) is 99.5 cm³/mol. The maximum Gasteiger partial charge on any atom is 0.243 e. The molecule has 1 aromatic carbocycles. The van der Waals surface area contributed by atoms with Crippen LogP contribution in [0.15, 0.2) is 47.5 Å². The first-order chi connectivity index (χ1) is 12.9. The largest absolute Gasteiger partial charge is 0.490 e. The van der Waals surface area contributed by atoms with Crippen LogP contribution in [-0.4, -0.2) is 32.0 Å². The molecule has 9 heteroatoms. The summed E-state index contributed by atoms with van der Waals surface area (Å²) in [4.78, 5) is 16.5. The molecule has 1 amide bonds. The summed E-state index contributed by atoms with van der Waals surface area (Å²) in [5, 5.41) is 2.59. The summed E-state index contributed by atoms with van der Waals surface area (Å²) >= 11 is 0. The lowest BCUT2D eigenvalue weighted by Crippen LogP contribution is -2.43. The van der Waals surface area contributed by atoms with Crippen LogP contribution in [0.1, 0.15) is 26.7 Å². The van der Waals surface area contributed by atoms with Crippen molar-refractivity contribution in [1.29, 1.82) is 0 Å². The van der Waals surface area contributed by atoms with E-state index in [0.29, 0.717) is 12.4 Å². The minimum atomic E-state index is -3.98. The number of hydrogen-bond acceptors (Lipinski definition) is 5. The van der Waals surface area contributed by atoms with Gasteiger partial charge in [-0.3, -0.25) is 4.79 Å². The number of anilines is 1. The van der Waals surface area contributed by atoms with Crippen molar-refractivity contribution in [1.82, 2.24) is 9.71 Å². The number of ether oxygens (including phenoxy) is 1. The van der Waals surface area contributed by atoms with Gasteiger partial charge in [-0.25, -0.2) is 17.8 Å². The number of sulfonamides is 1. The molecule has 0 aliphatic carbocycles. The maximum absolute atomic E-state index is 13.0. The van der Waals surface area contributed by atoms with Gasteiger partial charge in [0.05, 0.1) is 11.5 Å². The molecule has 1 unspecified atom stereocenters. The topological polar surface area (TPSA) is 97.4 Å². The number of hydrogen-bond donors (Lipinski definition) is 2. The van der Waals surface area contributed by atoms with Crippen LogP contribution in [0.2, 0.25) is 0 Å². The molecule has 0 saturated carbocycles. The molecule has 27 heavy (non-hydrogen) atoms. The summed E-state index contributed by atoms with van der Waals surface area (Å²) < 4.78 is 45.7. The van der Waals surface area contributed by atoms with Gasteiger partial charge in [0.2, 0.25) is 15.9 Å². The van der Waals surface area contributed by atoms with Crippen LogP contribution in [0, 0.1) is 5.82 Å². The Labute approximate surface area is 158 Å². The lowest BCUT2D eigenvalue weighted by atomic mass is 10.2. The molecule has 0 fully saturated rings. The summed E-state index contributed by atoms with van der Waals surface area (Å²) in [6.07, 6.45) is 2.50. The Bertz CT molecular complexity index is 872. The van der Waals surface area contributed by atoms with Crippen molar-refractivity contribution in [3.05, 3.63) is 48.4 Å². The fourth-order valence-corrected chi connectivity index (χ4v) is 3.49. The van der Waals surface area contributed by atoms with Crippen molar-refractivity contribution in [2.75, 3.05) is 11.9 Å². The Hall–Kier alpha value is -2.52. The summed E-state index contributed by atoms with van der Waals surface area (Å²) in [6, 6.07) is 6.68. The lowest BCUT2D eigenvalue weighted by Gasteiger charge is -2.18. The molecule has 1 atom stereocenters. The summed E-state index contributed by atoms with van der Waals surface area (Å²) in [6.45, 7) is 4.08. The monoisotopic (exact) mass is 395 g/mol. The number of nitrogens with one attached hydrogen (secondary N) is 2. The van der Waals surface area contributed by atoms with Gasteiger partial charge in [-0.15, -0.1) is 0 Å². The molecule has 2 N–H and O–H groups in total. The smallest absolute Gasteiger partial charge is 0.243 e. The molecule has 0 spiro atoms. The number of aromatic nitrogens is 1. The highest BCUT2D eigenvalue weighted by Crippen LogP contribution is 2.21. The third-order valence-corrected chi connectivity index (χ3v) is 5.11. The van der Waals surface area contributed by atoms with E-state index in [0.717, 1.165) is 30.7 Å². The molecule has 0 bridgehead atoms. The highest BCUT2D eigenvalue weighted by atomic mass is 32.2. The summed E-state index contributed by atoms with van der Waals surface area (Å²) in [5.74, 6) is -0.490. The van der Waals surface area contributed by atoms with E-state index in [4.69, 9.17) is 4.74 Å². The molecule has 0 saturated heterocycles. The number of carbonyl (C=O) groups excluding carboxylic acids is 1. The van der Waals surface area contributed by atoms with Gasteiger partial charge in [-0.05, 0) is 49.2 Å². The SMILES string of the molecule is CCCOc1cccnc1NC(=O)C(CC)NS(=O)(=O)c1ccc(F)cc1. The average Bonchev–Trinajstić information content (AvgIpc) is 2.65. The standard InChI is InChI=1S/C18H22FN3O4S/c1-3-12-26-16-6-5-11-20-17(16)21-18(23)15(4-2)22-27(24,25)14-9-7-13(19)8-10-14/h5-11,15,22H,3-4,12H2,1-2H3,(H,20,21,23). The maximum atomic E-state index is 13.0. The van der Waals surface area contributed by atoms with Crippen LogP contribution in [-0.2, 0) is 14.8 Å². The zero-order valence-corrected chi connectivity index (χ0v) is 15.9. The Balaban J connectivity index is 2.13. The van der Waals surface area contributed by atoms with Crippen LogP contribution in [0.5, 0.6) is 5.75 Å². The zero-order valence-electron chi connectivity index (χ0n) is 15.1.